The topological polar surface area (TPSA) is 50.8 Å². The van der Waals surface area contributed by atoms with Crippen LogP contribution in [0.2, 0.25) is 0 Å². The number of ether oxygens (including phenoxy) is 2. The van der Waals surface area contributed by atoms with Crippen LogP contribution in [0.4, 0.5) is 14.5 Å². The first-order valence-electron chi connectivity index (χ1n) is 8.46. The minimum atomic E-state index is -2.87. The molecule has 0 radical (unpaired) electrons. The fraction of sp³-hybridized carbons (Fsp3) is 0.350. The van der Waals surface area contributed by atoms with Gasteiger partial charge in [0.05, 0.1) is 13.7 Å². The average molecular weight is 378 g/mol. The fourth-order valence-corrected chi connectivity index (χ4v) is 2.99. The highest BCUT2D eigenvalue weighted by atomic mass is 19.3. The molecule has 146 valence electrons. The largest absolute Gasteiger partial charge is 0.496 e. The minimum absolute atomic E-state index is 0.0466. The van der Waals surface area contributed by atoms with E-state index in [2.05, 4.69) is 10.1 Å². The Hall–Kier alpha value is -2.67. The van der Waals surface area contributed by atoms with E-state index in [4.69, 9.17) is 4.74 Å². The number of alkyl halides is 2. The molecule has 0 fully saturated rings. The summed E-state index contributed by atoms with van der Waals surface area (Å²) in [6, 6.07) is 9.89. The molecule has 0 atom stereocenters. The number of carbonyl (C=O) groups is 1. The maximum Gasteiger partial charge on any atom is 0.387 e. The molecule has 0 aromatic heterocycles. The SMILES string of the molecule is COc1c(C)cc(CN(C)CC(=O)Nc2ccc(OC(F)F)cc2)cc1C. The lowest BCUT2D eigenvalue weighted by atomic mass is 10.1. The van der Waals surface area contributed by atoms with Crippen molar-refractivity contribution < 1.29 is 23.0 Å². The number of likely N-dealkylation sites (N-methyl/N-ethyl adjacent to an activating group) is 1. The van der Waals surface area contributed by atoms with E-state index in [0.29, 0.717) is 12.2 Å². The predicted octanol–water partition coefficient (Wildman–Crippen LogP) is 3.98. The lowest BCUT2D eigenvalue weighted by molar-refractivity contribution is -0.117. The van der Waals surface area contributed by atoms with E-state index in [-0.39, 0.29) is 18.2 Å². The third-order valence-electron chi connectivity index (χ3n) is 3.95. The summed E-state index contributed by atoms with van der Waals surface area (Å²) < 4.78 is 33.9. The number of aryl methyl sites for hydroxylation is 2. The maximum atomic E-state index is 12.2. The minimum Gasteiger partial charge on any atom is -0.496 e. The fourth-order valence-electron chi connectivity index (χ4n) is 2.99. The molecule has 0 unspecified atom stereocenters. The number of halogens is 2. The van der Waals surface area contributed by atoms with Crippen LogP contribution >= 0.6 is 0 Å². The smallest absolute Gasteiger partial charge is 0.387 e. The molecule has 2 rings (SSSR count). The Balaban J connectivity index is 1.90. The van der Waals surface area contributed by atoms with Crippen LogP contribution in [0, 0.1) is 13.8 Å². The number of nitrogens with zero attached hydrogens (tertiary/aromatic N) is 1. The summed E-state index contributed by atoms with van der Waals surface area (Å²) in [5.74, 6) is 0.728. The maximum absolute atomic E-state index is 12.2. The number of nitrogens with one attached hydrogen (secondary N) is 1. The van der Waals surface area contributed by atoms with Crippen LogP contribution in [0.25, 0.3) is 0 Å². The van der Waals surface area contributed by atoms with Crippen molar-refractivity contribution in [3.63, 3.8) is 0 Å². The van der Waals surface area contributed by atoms with Crippen molar-refractivity contribution in [2.24, 2.45) is 0 Å². The van der Waals surface area contributed by atoms with Crippen molar-refractivity contribution in [2.45, 2.75) is 27.0 Å². The molecular formula is C20H24F2N2O3. The van der Waals surface area contributed by atoms with Crippen molar-refractivity contribution in [2.75, 3.05) is 26.0 Å². The van der Waals surface area contributed by atoms with E-state index in [1.165, 1.54) is 24.3 Å². The van der Waals surface area contributed by atoms with Crippen molar-refractivity contribution in [3.8, 4) is 11.5 Å². The second kappa shape index (κ2) is 9.32. The number of rotatable bonds is 8. The van der Waals surface area contributed by atoms with Crippen molar-refractivity contribution in [1.29, 1.82) is 0 Å². The van der Waals surface area contributed by atoms with E-state index < -0.39 is 6.61 Å². The number of anilines is 1. The summed E-state index contributed by atoms with van der Waals surface area (Å²) in [6.07, 6.45) is 0. The number of carbonyl (C=O) groups excluding carboxylic acids is 1. The molecule has 0 spiro atoms. The molecule has 0 saturated carbocycles. The monoisotopic (exact) mass is 378 g/mol. The summed E-state index contributed by atoms with van der Waals surface area (Å²) >= 11 is 0. The van der Waals surface area contributed by atoms with Crippen LogP contribution in [0.1, 0.15) is 16.7 Å². The first-order chi connectivity index (χ1) is 12.8. The molecule has 2 aromatic carbocycles. The standard InChI is InChI=1S/C20H24F2N2O3/c1-13-9-15(10-14(2)19(13)26-4)11-24(3)12-18(25)23-16-5-7-17(8-6-16)27-20(21)22/h5-10,20H,11-12H2,1-4H3,(H,23,25). The van der Waals surface area contributed by atoms with E-state index in [0.717, 1.165) is 22.4 Å². The van der Waals surface area contributed by atoms with Gasteiger partial charge in [-0.15, -0.1) is 0 Å². The van der Waals surface area contributed by atoms with Gasteiger partial charge in [0.15, 0.2) is 0 Å². The molecule has 7 heteroatoms. The van der Waals surface area contributed by atoms with Gasteiger partial charge in [0.2, 0.25) is 5.91 Å². The van der Waals surface area contributed by atoms with Crippen molar-refractivity contribution in [1.82, 2.24) is 4.90 Å². The van der Waals surface area contributed by atoms with Gasteiger partial charge in [-0.05, 0) is 61.9 Å². The molecule has 2 aromatic rings. The highest BCUT2D eigenvalue weighted by Crippen LogP contribution is 2.24. The van der Waals surface area contributed by atoms with Gasteiger partial charge in [0.1, 0.15) is 11.5 Å². The third-order valence-corrected chi connectivity index (χ3v) is 3.95. The number of benzene rings is 2. The van der Waals surface area contributed by atoms with E-state index in [9.17, 15) is 13.6 Å². The number of hydrogen-bond acceptors (Lipinski definition) is 4. The number of amides is 1. The Labute approximate surface area is 157 Å². The molecule has 0 saturated heterocycles. The van der Waals surface area contributed by atoms with Crippen molar-refractivity contribution in [3.05, 3.63) is 53.1 Å². The molecule has 1 amide bonds. The molecule has 0 heterocycles. The Bertz CT molecular complexity index is 756. The Kier molecular flexibility index (Phi) is 7.12. The van der Waals surface area contributed by atoms with Gasteiger partial charge in [-0.1, -0.05) is 12.1 Å². The van der Waals surface area contributed by atoms with Gasteiger partial charge >= 0.3 is 6.61 Å². The molecule has 1 N–H and O–H groups in total. The van der Waals surface area contributed by atoms with Gasteiger partial charge in [0.25, 0.3) is 0 Å². The first-order valence-corrected chi connectivity index (χ1v) is 8.46. The summed E-state index contributed by atoms with van der Waals surface area (Å²) in [4.78, 5) is 14.1. The molecule has 27 heavy (non-hydrogen) atoms. The third kappa shape index (κ3) is 6.21. The van der Waals surface area contributed by atoms with E-state index >= 15 is 0 Å². The van der Waals surface area contributed by atoms with E-state index in [1.54, 1.807) is 7.11 Å². The second-order valence-corrected chi connectivity index (χ2v) is 6.39. The van der Waals surface area contributed by atoms with Gasteiger partial charge < -0.3 is 14.8 Å². The number of methoxy groups -OCH3 is 1. The lowest BCUT2D eigenvalue weighted by Crippen LogP contribution is -2.29. The van der Waals surface area contributed by atoms with Crippen LogP contribution in [0.5, 0.6) is 11.5 Å². The summed E-state index contributed by atoms with van der Waals surface area (Å²) in [5, 5.41) is 2.74. The molecule has 0 aliphatic heterocycles. The van der Waals surface area contributed by atoms with Gasteiger partial charge in [-0.3, -0.25) is 9.69 Å². The molecule has 0 aliphatic rings. The zero-order valence-corrected chi connectivity index (χ0v) is 15.9. The van der Waals surface area contributed by atoms with Gasteiger partial charge in [-0.2, -0.15) is 8.78 Å². The van der Waals surface area contributed by atoms with Gasteiger partial charge in [-0.25, -0.2) is 0 Å². The zero-order chi connectivity index (χ0) is 20.0. The van der Waals surface area contributed by atoms with Gasteiger partial charge in [0, 0.05) is 12.2 Å². The Morgan fingerprint density at radius 1 is 1.15 bits per heavy atom. The molecule has 0 bridgehead atoms. The molecule has 5 nitrogen and oxygen atoms in total. The van der Waals surface area contributed by atoms with Crippen LogP contribution in [-0.4, -0.2) is 38.1 Å². The Morgan fingerprint density at radius 2 is 1.74 bits per heavy atom. The second-order valence-electron chi connectivity index (χ2n) is 6.39. The quantitative estimate of drug-likeness (QED) is 0.755. The summed E-state index contributed by atoms with van der Waals surface area (Å²) in [6.45, 7) is 1.91. The van der Waals surface area contributed by atoms with E-state index in [1.807, 2.05) is 37.9 Å². The summed E-state index contributed by atoms with van der Waals surface area (Å²) in [7, 11) is 3.51. The Morgan fingerprint density at radius 3 is 2.26 bits per heavy atom. The first kappa shape index (κ1) is 20.6. The zero-order valence-electron chi connectivity index (χ0n) is 15.9. The normalized spacial score (nSPS) is 11.0. The summed E-state index contributed by atoms with van der Waals surface area (Å²) in [5.41, 5.74) is 3.72. The lowest BCUT2D eigenvalue weighted by Gasteiger charge is -2.18. The predicted molar refractivity (Wildman–Crippen MR) is 101 cm³/mol. The average Bonchev–Trinajstić information content (AvgIpc) is 2.55. The van der Waals surface area contributed by atoms with Crippen molar-refractivity contribution >= 4 is 11.6 Å². The van der Waals surface area contributed by atoms with Crippen LogP contribution in [-0.2, 0) is 11.3 Å². The molecular weight excluding hydrogens is 354 g/mol. The van der Waals surface area contributed by atoms with Crippen LogP contribution < -0.4 is 14.8 Å². The highest BCUT2D eigenvalue weighted by Gasteiger charge is 2.11. The molecule has 0 aliphatic carbocycles. The van der Waals surface area contributed by atoms with Crippen LogP contribution in [0.15, 0.2) is 36.4 Å². The highest BCUT2D eigenvalue weighted by molar-refractivity contribution is 5.92. The number of hydrogen-bond donors (Lipinski definition) is 1. The van der Waals surface area contributed by atoms with Crippen LogP contribution in [0.3, 0.4) is 0 Å².